The summed E-state index contributed by atoms with van der Waals surface area (Å²) < 4.78 is 0. The van der Waals surface area contributed by atoms with E-state index in [0.717, 1.165) is 32.5 Å². The van der Waals surface area contributed by atoms with E-state index in [4.69, 9.17) is 5.73 Å². The normalized spacial score (nSPS) is 10.9. The largest absolute Gasteiger partial charge is 0.330 e. The Morgan fingerprint density at radius 3 is 2.56 bits per heavy atom. The van der Waals surface area contributed by atoms with Crippen molar-refractivity contribution < 1.29 is 0 Å². The van der Waals surface area contributed by atoms with E-state index in [9.17, 15) is 0 Å². The van der Waals surface area contributed by atoms with Crippen molar-refractivity contribution in [1.29, 1.82) is 0 Å². The summed E-state index contributed by atoms with van der Waals surface area (Å²) in [6.45, 7) is 6.43. The topological polar surface area (TPSA) is 42.1 Å². The van der Waals surface area contributed by atoms with Gasteiger partial charge in [-0.25, -0.2) is 0 Å². The van der Waals surface area contributed by atoms with Crippen LogP contribution in [0.3, 0.4) is 0 Å². The third-order valence-electron chi connectivity index (χ3n) is 2.68. The Hall–Kier alpha value is -0.930. The van der Waals surface area contributed by atoms with Crippen LogP contribution < -0.4 is 5.73 Å². The van der Waals surface area contributed by atoms with Gasteiger partial charge in [0.1, 0.15) is 0 Å². The van der Waals surface area contributed by atoms with Gasteiger partial charge in [0.25, 0.3) is 0 Å². The van der Waals surface area contributed by atoms with Crippen molar-refractivity contribution in [2.45, 2.75) is 26.2 Å². The van der Waals surface area contributed by atoms with E-state index >= 15 is 0 Å². The fourth-order valence-corrected chi connectivity index (χ4v) is 1.80. The van der Waals surface area contributed by atoms with Gasteiger partial charge in [0, 0.05) is 18.9 Å². The lowest BCUT2D eigenvalue weighted by Gasteiger charge is -2.21. The Labute approximate surface area is 98.7 Å². The molecule has 0 fully saturated rings. The minimum absolute atomic E-state index is 0.787. The summed E-state index contributed by atoms with van der Waals surface area (Å²) in [6.07, 6.45) is 7.13. The molecule has 0 atom stereocenters. The molecule has 1 aromatic heterocycles. The second kappa shape index (κ2) is 8.25. The zero-order valence-electron chi connectivity index (χ0n) is 10.2. The van der Waals surface area contributed by atoms with Crippen LogP contribution in [0, 0.1) is 0 Å². The summed E-state index contributed by atoms with van der Waals surface area (Å²) in [6, 6.07) is 4.18. The van der Waals surface area contributed by atoms with Crippen molar-refractivity contribution in [3.63, 3.8) is 0 Å². The van der Waals surface area contributed by atoms with Gasteiger partial charge in [-0.15, -0.1) is 0 Å². The van der Waals surface area contributed by atoms with Crippen molar-refractivity contribution in [2.75, 3.05) is 26.2 Å². The first kappa shape index (κ1) is 13.1. The fourth-order valence-electron chi connectivity index (χ4n) is 1.80. The number of hydrogen-bond acceptors (Lipinski definition) is 3. The SMILES string of the molecule is CCCN(CCCN)CCc1ccncc1. The molecular formula is C13H23N3. The Morgan fingerprint density at radius 2 is 1.94 bits per heavy atom. The molecule has 1 rings (SSSR count). The van der Waals surface area contributed by atoms with Crippen molar-refractivity contribution in [3.05, 3.63) is 30.1 Å². The van der Waals surface area contributed by atoms with Crippen LogP contribution in [0.2, 0.25) is 0 Å². The van der Waals surface area contributed by atoms with Crippen LogP contribution in [-0.2, 0) is 6.42 Å². The summed E-state index contributed by atoms with van der Waals surface area (Å²) in [5, 5.41) is 0. The van der Waals surface area contributed by atoms with Gasteiger partial charge >= 0.3 is 0 Å². The monoisotopic (exact) mass is 221 g/mol. The molecule has 3 nitrogen and oxygen atoms in total. The molecule has 0 aromatic carbocycles. The smallest absolute Gasteiger partial charge is 0.0270 e. The molecule has 0 bridgehead atoms. The van der Waals surface area contributed by atoms with Crippen molar-refractivity contribution in [3.8, 4) is 0 Å². The number of pyridine rings is 1. The van der Waals surface area contributed by atoms with Gasteiger partial charge < -0.3 is 10.6 Å². The van der Waals surface area contributed by atoms with Gasteiger partial charge in [-0.3, -0.25) is 4.98 Å². The highest BCUT2D eigenvalue weighted by atomic mass is 15.1. The second-order valence-corrected chi connectivity index (χ2v) is 4.09. The standard InChI is InChI=1S/C13H23N3/c1-2-10-16(11-3-7-14)12-6-13-4-8-15-9-5-13/h4-5,8-9H,2-3,6-7,10-12,14H2,1H3. The van der Waals surface area contributed by atoms with E-state index in [1.54, 1.807) is 0 Å². The molecule has 0 unspecified atom stereocenters. The highest BCUT2D eigenvalue weighted by molar-refractivity contribution is 5.09. The van der Waals surface area contributed by atoms with Gasteiger partial charge in [0.15, 0.2) is 0 Å². The molecule has 1 heterocycles. The fraction of sp³-hybridized carbons (Fsp3) is 0.615. The summed E-state index contributed by atoms with van der Waals surface area (Å²) >= 11 is 0. The highest BCUT2D eigenvalue weighted by Gasteiger charge is 2.03. The third kappa shape index (κ3) is 5.24. The number of nitrogens with two attached hydrogens (primary N) is 1. The third-order valence-corrected chi connectivity index (χ3v) is 2.68. The lowest BCUT2D eigenvalue weighted by atomic mass is 10.2. The first-order chi connectivity index (χ1) is 7.86. The Bertz CT molecular complexity index is 261. The molecule has 0 spiro atoms. The predicted molar refractivity (Wildman–Crippen MR) is 68.3 cm³/mol. The molecule has 90 valence electrons. The van der Waals surface area contributed by atoms with Crippen molar-refractivity contribution >= 4 is 0 Å². The van der Waals surface area contributed by atoms with E-state index in [1.807, 2.05) is 12.4 Å². The highest BCUT2D eigenvalue weighted by Crippen LogP contribution is 2.01. The van der Waals surface area contributed by atoms with Gasteiger partial charge in [-0.2, -0.15) is 0 Å². The molecule has 1 aromatic rings. The molecule has 2 N–H and O–H groups in total. The lowest BCUT2D eigenvalue weighted by Crippen LogP contribution is -2.29. The molecule has 0 aliphatic carbocycles. The van der Waals surface area contributed by atoms with Crippen molar-refractivity contribution in [1.82, 2.24) is 9.88 Å². The number of hydrogen-bond donors (Lipinski definition) is 1. The van der Waals surface area contributed by atoms with E-state index < -0.39 is 0 Å². The summed E-state index contributed by atoms with van der Waals surface area (Å²) in [5.41, 5.74) is 6.91. The summed E-state index contributed by atoms with van der Waals surface area (Å²) in [7, 11) is 0. The van der Waals surface area contributed by atoms with Crippen LogP contribution in [0.4, 0.5) is 0 Å². The molecule has 16 heavy (non-hydrogen) atoms. The zero-order chi connectivity index (χ0) is 11.6. The molecule has 0 amide bonds. The number of rotatable bonds is 8. The molecule has 0 aliphatic rings. The van der Waals surface area contributed by atoms with Crippen LogP contribution in [0.1, 0.15) is 25.3 Å². The summed E-state index contributed by atoms with van der Waals surface area (Å²) in [4.78, 5) is 6.52. The maximum absolute atomic E-state index is 5.55. The van der Waals surface area contributed by atoms with E-state index in [1.165, 1.54) is 18.5 Å². The first-order valence-corrected chi connectivity index (χ1v) is 6.18. The molecule has 0 saturated heterocycles. The number of nitrogens with zero attached hydrogens (tertiary/aromatic N) is 2. The zero-order valence-corrected chi connectivity index (χ0v) is 10.2. The quantitative estimate of drug-likeness (QED) is 0.726. The summed E-state index contributed by atoms with van der Waals surface area (Å²) in [5.74, 6) is 0. The van der Waals surface area contributed by atoms with Gasteiger partial charge in [0.05, 0.1) is 0 Å². The van der Waals surface area contributed by atoms with Gasteiger partial charge in [0.2, 0.25) is 0 Å². The van der Waals surface area contributed by atoms with Crippen LogP contribution in [-0.4, -0.2) is 36.1 Å². The van der Waals surface area contributed by atoms with Crippen molar-refractivity contribution in [2.24, 2.45) is 5.73 Å². The van der Waals surface area contributed by atoms with Crippen LogP contribution >= 0.6 is 0 Å². The van der Waals surface area contributed by atoms with E-state index in [0.29, 0.717) is 0 Å². The maximum Gasteiger partial charge on any atom is 0.0270 e. The number of aromatic nitrogens is 1. The minimum atomic E-state index is 0.787. The second-order valence-electron chi connectivity index (χ2n) is 4.09. The Morgan fingerprint density at radius 1 is 1.19 bits per heavy atom. The molecule has 0 saturated carbocycles. The van der Waals surface area contributed by atoms with Crippen LogP contribution in [0.25, 0.3) is 0 Å². The Balaban J connectivity index is 2.31. The maximum atomic E-state index is 5.55. The van der Waals surface area contributed by atoms with E-state index in [-0.39, 0.29) is 0 Å². The predicted octanol–water partition coefficient (Wildman–Crippen LogP) is 1.68. The first-order valence-electron chi connectivity index (χ1n) is 6.18. The van der Waals surface area contributed by atoms with E-state index in [2.05, 4.69) is 28.9 Å². The average Bonchev–Trinajstić information content (AvgIpc) is 2.34. The minimum Gasteiger partial charge on any atom is -0.330 e. The van der Waals surface area contributed by atoms with Crippen LogP contribution in [0.15, 0.2) is 24.5 Å². The van der Waals surface area contributed by atoms with Gasteiger partial charge in [-0.05, 0) is 56.6 Å². The molecule has 3 heteroatoms. The Kier molecular flexibility index (Phi) is 6.77. The molecule has 0 radical (unpaired) electrons. The van der Waals surface area contributed by atoms with Crippen LogP contribution in [0.5, 0.6) is 0 Å². The van der Waals surface area contributed by atoms with Gasteiger partial charge in [-0.1, -0.05) is 6.92 Å². The molecular weight excluding hydrogens is 198 g/mol. The lowest BCUT2D eigenvalue weighted by molar-refractivity contribution is 0.275. The molecule has 0 aliphatic heterocycles. The average molecular weight is 221 g/mol.